The van der Waals surface area contributed by atoms with E-state index in [4.69, 9.17) is 0 Å². The van der Waals surface area contributed by atoms with Gasteiger partial charge in [-0.15, -0.1) is 12.4 Å². The molecule has 0 unspecified atom stereocenters. The second-order valence-electron chi connectivity index (χ2n) is 5.86. The number of carbonyl (C=O) groups excluding carboxylic acids is 1. The van der Waals surface area contributed by atoms with E-state index < -0.39 is 0 Å². The zero-order chi connectivity index (χ0) is 15.9. The minimum atomic E-state index is 0. The molecule has 0 saturated carbocycles. The third-order valence-corrected chi connectivity index (χ3v) is 5.15. The van der Waals surface area contributed by atoms with E-state index in [0.29, 0.717) is 12.3 Å². The van der Waals surface area contributed by atoms with Crippen molar-refractivity contribution in [2.75, 3.05) is 18.4 Å². The lowest BCUT2D eigenvalue weighted by Crippen LogP contribution is -2.30. The fraction of sp³-hybridized carbons (Fsp3) is 0.316. The molecule has 1 saturated heterocycles. The first-order valence-electron chi connectivity index (χ1n) is 8.14. The van der Waals surface area contributed by atoms with Crippen LogP contribution >= 0.6 is 24.2 Å². The summed E-state index contributed by atoms with van der Waals surface area (Å²) in [5.74, 6) is 0.628. The Kier molecular flexibility index (Phi) is 7.63. The number of halogens is 1. The number of piperidine rings is 1. The van der Waals surface area contributed by atoms with Crippen molar-refractivity contribution in [2.24, 2.45) is 5.92 Å². The Morgan fingerprint density at radius 3 is 2.46 bits per heavy atom. The molecule has 0 aromatic heterocycles. The van der Waals surface area contributed by atoms with Crippen LogP contribution in [0.15, 0.2) is 64.4 Å². The summed E-state index contributed by atoms with van der Waals surface area (Å²) < 4.78 is 0. The summed E-state index contributed by atoms with van der Waals surface area (Å²) in [4.78, 5) is 14.6. The molecule has 3 nitrogen and oxygen atoms in total. The highest BCUT2D eigenvalue weighted by Gasteiger charge is 2.17. The van der Waals surface area contributed by atoms with Crippen LogP contribution in [0.4, 0.5) is 5.69 Å². The maximum atomic E-state index is 12.3. The van der Waals surface area contributed by atoms with Gasteiger partial charge in [0.1, 0.15) is 0 Å². The number of rotatable bonds is 5. The summed E-state index contributed by atoms with van der Waals surface area (Å²) in [6.07, 6.45) is 2.80. The van der Waals surface area contributed by atoms with Crippen LogP contribution in [-0.2, 0) is 4.79 Å². The Hall–Kier alpha value is -1.49. The quantitative estimate of drug-likeness (QED) is 0.817. The van der Waals surface area contributed by atoms with Gasteiger partial charge in [-0.2, -0.15) is 0 Å². The van der Waals surface area contributed by atoms with Gasteiger partial charge in [0.15, 0.2) is 0 Å². The van der Waals surface area contributed by atoms with E-state index in [1.807, 2.05) is 36.4 Å². The second kappa shape index (κ2) is 9.72. The van der Waals surface area contributed by atoms with E-state index in [-0.39, 0.29) is 18.3 Å². The summed E-state index contributed by atoms with van der Waals surface area (Å²) in [5, 5.41) is 6.44. The van der Waals surface area contributed by atoms with Gasteiger partial charge in [0.2, 0.25) is 5.91 Å². The first kappa shape index (κ1) is 18.8. The molecule has 128 valence electrons. The normalized spacial score (nSPS) is 14.7. The summed E-state index contributed by atoms with van der Waals surface area (Å²) in [6, 6.07) is 18.2. The molecule has 1 fully saturated rings. The fourth-order valence-electron chi connectivity index (χ4n) is 2.82. The van der Waals surface area contributed by atoms with Gasteiger partial charge < -0.3 is 10.6 Å². The largest absolute Gasteiger partial charge is 0.325 e. The lowest BCUT2D eigenvalue weighted by atomic mass is 9.94. The molecule has 0 spiro atoms. The van der Waals surface area contributed by atoms with Crippen LogP contribution in [-0.4, -0.2) is 19.0 Å². The summed E-state index contributed by atoms with van der Waals surface area (Å²) in [5.41, 5.74) is 0.903. The average Bonchev–Trinajstić information content (AvgIpc) is 2.58. The maximum absolute atomic E-state index is 12.3. The minimum Gasteiger partial charge on any atom is -0.325 e. The molecular weight excluding hydrogens is 340 g/mol. The Morgan fingerprint density at radius 2 is 1.71 bits per heavy atom. The standard InChI is InChI=1S/C19H22N2OS.ClH/c22-19(14-15-10-12-20-13-11-15)21-17-8-4-5-9-18(17)23-16-6-2-1-3-7-16;/h1-9,15,20H,10-14H2,(H,21,22);1H. The zero-order valence-corrected chi connectivity index (χ0v) is 15.2. The average molecular weight is 363 g/mol. The molecule has 0 aliphatic carbocycles. The van der Waals surface area contributed by atoms with E-state index in [1.165, 1.54) is 4.90 Å². The molecular formula is C19H23ClN2OS. The molecule has 1 aliphatic rings. The maximum Gasteiger partial charge on any atom is 0.224 e. The van der Waals surface area contributed by atoms with Gasteiger partial charge in [-0.05, 0) is 56.1 Å². The zero-order valence-electron chi connectivity index (χ0n) is 13.5. The van der Waals surface area contributed by atoms with Gasteiger partial charge >= 0.3 is 0 Å². The molecule has 2 N–H and O–H groups in total. The molecule has 0 radical (unpaired) electrons. The van der Waals surface area contributed by atoms with Gasteiger partial charge in [-0.3, -0.25) is 4.79 Å². The number of para-hydroxylation sites is 1. The van der Waals surface area contributed by atoms with Crippen molar-refractivity contribution in [1.82, 2.24) is 5.32 Å². The van der Waals surface area contributed by atoms with Crippen LogP contribution in [0.3, 0.4) is 0 Å². The summed E-state index contributed by atoms with van der Waals surface area (Å²) in [6.45, 7) is 2.05. The van der Waals surface area contributed by atoms with Crippen molar-refractivity contribution in [1.29, 1.82) is 0 Å². The smallest absolute Gasteiger partial charge is 0.224 e. The number of amides is 1. The van der Waals surface area contributed by atoms with E-state index >= 15 is 0 Å². The van der Waals surface area contributed by atoms with Crippen molar-refractivity contribution < 1.29 is 4.79 Å². The molecule has 1 heterocycles. The number of nitrogens with one attached hydrogen (secondary N) is 2. The third kappa shape index (κ3) is 5.55. The van der Waals surface area contributed by atoms with Crippen molar-refractivity contribution >= 4 is 35.8 Å². The molecule has 0 atom stereocenters. The number of anilines is 1. The fourth-order valence-corrected chi connectivity index (χ4v) is 3.75. The van der Waals surface area contributed by atoms with Crippen LogP contribution in [0.5, 0.6) is 0 Å². The second-order valence-corrected chi connectivity index (χ2v) is 6.97. The SMILES string of the molecule is Cl.O=C(CC1CCNCC1)Nc1ccccc1Sc1ccccc1. The Balaban J connectivity index is 0.00000208. The number of carbonyl (C=O) groups is 1. The monoisotopic (exact) mass is 362 g/mol. The summed E-state index contributed by atoms with van der Waals surface area (Å²) in [7, 11) is 0. The lowest BCUT2D eigenvalue weighted by Gasteiger charge is -2.22. The van der Waals surface area contributed by atoms with Crippen molar-refractivity contribution in [3.8, 4) is 0 Å². The van der Waals surface area contributed by atoms with E-state index in [2.05, 4.69) is 28.8 Å². The molecule has 24 heavy (non-hydrogen) atoms. The van der Waals surface area contributed by atoms with Crippen LogP contribution in [0, 0.1) is 5.92 Å². The number of hydrogen-bond acceptors (Lipinski definition) is 3. The van der Waals surface area contributed by atoms with E-state index in [0.717, 1.165) is 36.5 Å². The number of hydrogen-bond donors (Lipinski definition) is 2. The molecule has 0 bridgehead atoms. The third-order valence-electron chi connectivity index (χ3n) is 4.06. The van der Waals surface area contributed by atoms with Crippen LogP contribution in [0.25, 0.3) is 0 Å². The van der Waals surface area contributed by atoms with E-state index in [9.17, 15) is 4.79 Å². The molecule has 1 aliphatic heterocycles. The van der Waals surface area contributed by atoms with Crippen molar-refractivity contribution in [2.45, 2.75) is 29.1 Å². The summed E-state index contributed by atoms with van der Waals surface area (Å²) >= 11 is 1.68. The molecule has 5 heteroatoms. The highest BCUT2D eigenvalue weighted by Crippen LogP contribution is 2.33. The van der Waals surface area contributed by atoms with Gasteiger partial charge in [-0.1, -0.05) is 42.1 Å². The van der Waals surface area contributed by atoms with Gasteiger partial charge in [0, 0.05) is 16.2 Å². The number of benzene rings is 2. The molecule has 2 aromatic carbocycles. The van der Waals surface area contributed by atoms with Gasteiger partial charge in [-0.25, -0.2) is 0 Å². The first-order chi connectivity index (χ1) is 11.3. The Morgan fingerprint density at radius 1 is 1.04 bits per heavy atom. The van der Waals surface area contributed by atoms with Crippen LogP contribution < -0.4 is 10.6 Å². The predicted octanol–water partition coefficient (Wildman–Crippen LogP) is 4.59. The van der Waals surface area contributed by atoms with Gasteiger partial charge in [0.05, 0.1) is 5.69 Å². The first-order valence-corrected chi connectivity index (χ1v) is 8.95. The van der Waals surface area contributed by atoms with E-state index in [1.54, 1.807) is 11.8 Å². The Labute approximate surface area is 154 Å². The van der Waals surface area contributed by atoms with Crippen molar-refractivity contribution in [3.63, 3.8) is 0 Å². The topological polar surface area (TPSA) is 41.1 Å². The van der Waals surface area contributed by atoms with Crippen molar-refractivity contribution in [3.05, 3.63) is 54.6 Å². The molecule has 2 aromatic rings. The molecule has 1 amide bonds. The predicted molar refractivity (Wildman–Crippen MR) is 103 cm³/mol. The highest BCUT2D eigenvalue weighted by molar-refractivity contribution is 7.99. The highest BCUT2D eigenvalue weighted by atomic mass is 35.5. The van der Waals surface area contributed by atoms with Crippen LogP contribution in [0.2, 0.25) is 0 Å². The minimum absolute atomic E-state index is 0. The van der Waals surface area contributed by atoms with Gasteiger partial charge in [0.25, 0.3) is 0 Å². The Bertz CT molecular complexity index is 645. The lowest BCUT2D eigenvalue weighted by molar-refractivity contribution is -0.117. The van der Waals surface area contributed by atoms with Crippen LogP contribution in [0.1, 0.15) is 19.3 Å². The molecule has 3 rings (SSSR count).